The van der Waals surface area contributed by atoms with Crippen LogP contribution in [0.5, 0.6) is 0 Å². The van der Waals surface area contributed by atoms with Crippen LogP contribution in [0.15, 0.2) is 47.1 Å². The molecule has 0 aliphatic carbocycles. The molecule has 4 rings (SSSR count). The van der Waals surface area contributed by atoms with E-state index in [1.54, 1.807) is 23.1 Å². The van der Waals surface area contributed by atoms with Gasteiger partial charge in [0.05, 0.1) is 29.1 Å². The first-order chi connectivity index (χ1) is 8.36. The van der Waals surface area contributed by atoms with Crippen LogP contribution < -0.4 is 5.56 Å². The zero-order chi connectivity index (χ0) is 11.4. The van der Waals surface area contributed by atoms with E-state index in [0.29, 0.717) is 0 Å². The van der Waals surface area contributed by atoms with E-state index in [9.17, 15) is 4.79 Å². The second kappa shape index (κ2) is 2.95. The fourth-order valence-corrected chi connectivity index (χ4v) is 3.02. The number of hydrogen-bond donors (Lipinski definition) is 0. The van der Waals surface area contributed by atoms with Crippen molar-refractivity contribution < 1.29 is 0 Å². The van der Waals surface area contributed by atoms with E-state index >= 15 is 0 Å². The van der Waals surface area contributed by atoms with Crippen LogP contribution in [0.4, 0.5) is 0 Å². The van der Waals surface area contributed by atoms with Crippen molar-refractivity contribution in [1.82, 2.24) is 13.8 Å². The number of rotatable bonds is 0. The SMILES string of the molecule is O=c1c2sccc2n2cncc2c2cccn12. The Morgan fingerprint density at radius 2 is 2.06 bits per heavy atom. The smallest absolute Gasteiger partial charge is 0.274 e. The Balaban J connectivity index is 2.59. The van der Waals surface area contributed by atoms with E-state index < -0.39 is 0 Å². The average Bonchev–Trinajstić information content (AvgIpc) is 3.06. The Labute approximate surface area is 99.4 Å². The zero-order valence-corrected chi connectivity index (χ0v) is 9.52. The first-order valence-electron chi connectivity index (χ1n) is 5.19. The van der Waals surface area contributed by atoms with Gasteiger partial charge in [0.1, 0.15) is 4.70 Å². The summed E-state index contributed by atoms with van der Waals surface area (Å²) in [7, 11) is 0. The third kappa shape index (κ3) is 1.01. The molecule has 0 spiro atoms. The summed E-state index contributed by atoms with van der Waals surface area (Å²) in [5.74, 6) is 0. The molecular formula is C12H7N3OS. The highest BCUT2D eigenvalue weighted by Crippen LogP contribution is 2.20. The molecule has 0 amide bonds. The Morgan fingerprint density at radius 1 is 1.12 bits per heavy atom. The van der Waals surface area contributed by atoms with Crippen LogP contribution in [0.25, 0.3) is 21.3 Å². The summed E-state index contributed by atoms with van der Waals surface area (Å²) in [6.07, 6.45) is 5.33. The molecule has 4 aromatic rings. The van der Waals surface area contributed by atoms with Crippen molar-refractivity contribution in [3.05, 3.63) is 52.7 Å². The fourth-order valence-electron chi connectivity index (χ4n) is 2.20. The topological polar surface area (TPSA) is 38.8 Å². The minimum atomic E-state index is 0.0266. The minimum Gasteiger partial charge on any atom is -0.296 e. The van der Waals surface area contributed by atoms with Crippen molar-refractivity contribution in [2.45, 2.75) is 0 Å². The van der Waals surface area contributed by atoms with Crippen molar-refractivity contribution >= 4 is 32.6 Å². The molecule has 0 aliphatic heterocycles. The summed E-state index contributed by atoms with van der Waals surface area (Å²) in [6.45, 7) is 0. The van der Waals surface area contributed by atoms with Crippen LogP contribution in [0, 0.1) is 0 Å². The molecule has 82 valence electrons. The van der Waals surface area contributed by atoms with Gasteiger partial charge in [-0.25, -0.2) is 4.98 Å². The van der Waals surface area contributed by atoms with Gasteiger partial charge in [0, 0.05) is 6.20 Å². The number of fused-ring (bicyclic) bond motifs is 5. The average molecular weight is 241 g/mol. The van der Waals surface area contributed by atoms with Gasteiger partial charge in [0.15, 0.2) is 0 Å². The van der Waals surface area contributed by atoms with E-state index in [-0.39, 0.29) is 5.56 Å². The summed E-state index contributed by atoms with van der Waals surface area (Å²) >= 11 is 1.46. The summed E-state index contributed by atoms with van der Waals surface area (Å²) < 4.78 is 4.39. The number of imidazole rings is 1. The van der Waals surface area contributed by atoms with Crippen LogP contribution in [0.2, 0.25) is 0 Å². The van der Waals surface area contributed by atoms with Crippen LogP contribution in [-0.4, -0.2) is 13.8 Å². The molecule has 0 aromatic carbocycles. The first-order valence-corrected chi connectivity index (χ1v) is 6.07. The number of hydrogen-bond acceptors (Lipinski definition) is 3. The van der Waals surface area contributed by atoms with Gasteiger partial charge < -0.3 is 0 Å². The summed E-state index contributed by atoms with van der Waals surface area (Å²) in [5, 5.41) is 1.93. The predicted octanol–water partition coefficient (Wildman–Crippen LogP) is 2.16. The highest BCUT2D eigenvalue weighted by Gasteiger charge is 2.08. The van der Waals surface area contributed by atoms with Crippen LogP contribution >= 0.6 is 11.3 Å². The molecular weight excluding hydrogens is 234 g/mol. The molecule has 0 saturated heterocycles. The molecule has 0 fully saturated rings. The van der Waals surface area contributed by atoms with Crippen molar-refractivity contribution in [3.8, 4) is 0 Å². The maximum atomic E-state index is 12.4. The lowest BCUT2D eigenvalue weighted by Gasteiger charge is -1.88. The Morgan fingerprint density at radius 3 is 3.00 bits per heavy atom. The van der Waals surface area contributed by atoms with E-state index in [1.807, 2.05) is 28.0 Å². The van der Waals surface area contributed by atoms with Gasteiger partial charge in [-0.05, 0) is 23.6 Å². The van der Waals surface area contributed by atoms with Crippen LogP contribution in [0.3, 0.4) is 0 Å². The van der Waals surface area contributed by atoms with Gasteiger partial charge in [-0.2, -0.15) is 0 Å². The Hall–Kier alpha value is -2.14. The number of thiophene rings is 1. The minimum absolute atomic E-state index is 0.0266. The Bertz CT molecular complexity index is 844. The van der Waals surface area contributed by atoms with Gasteiger partial charge >= 0.3 is 0 Å². The lowest BCUT2D eigenvalue weighted by molar-refractivity contribution is 1.16. The zero-order valence-electron chi connectivity index (χ0n) is 8.70. The molecule has 0 saturated carbocycles. The lowest BCUT2D eigenvalue weighted by atomic mass is 10.4. The molecule has 0 unspecified atom stereocenters. The number of aromatic nitrogens is 3. The summed E-state index contributed by atoms with van der Waals surface area (Å²) in [6, 6.07) is 5.76. The maximum absolute atomic E-state index is 12.4. The molecule has 4 heterocycles. The van der Waals surface area contributed by atoms with E-state index in [1.165, 1.54) is 11.3 Å². The maximum Gasteiger partial charge on any atom is 0.274 e. The monoisotopic (exact) mass is 241 g/mol. The van der Waals surface area contributed by atoms with Crippen LogP contribution in [0.1, 0.15) is 0 Å². The summed E-state index contributed by atoms with van der Waals surface area (Å²) in [5.41, 5.74) is 2.77. The Kier molecular flexibility index (Phi) is 1.55. The van der Waals surface area contributed by atoms with Crippen molar-refractivity contribution in [3.63, 3.8) is 0 Å². The highest BCUT2D eigenvalue weighted by molar-refractivity contribution is 7.17. The highest BCUT2D eigenvalue weighted by atomic mass is 32.1. The van der Waals surface area contributed by atoms with Gasteiger partial charge in [-0.15, -0.1) is 11.3 Å². The quantitative estimate of drug-likeness (QED) is 0.473. The fraction of sp³-hybridized carbons (Fsp3) is 0. The van der Waals surface area contributed by atoms with Crippen molar-refractivity contribution in [1.29, 1.82) is 0 Å². The third-order valence-corrected chi connectivity index (χ3v) is 3.86. The second-order valence-corrected chi connectivity index (χ2v) is 4.77. The lowest BCUT2D eigenvalue weighted by Crippen LogP contribution is -2.06. The molecule has 0 N–H and O–H groups in total. The number of nitrogens with zero attached hydrogens (tertiary/aromatic N) is 3. The van der Waals surface area contributed by atoms with Gasteiger partial charge in [-0.3, -0.25) is 13.6 Å². The van der Waals surface area contributed by atoms with Crippen molar-refractivity contribution in [2.75, 3.05) is 0 Å². The molecule has 0 atom stereocenters. The van der Waals surface area contributed by atoms with E-state index in [4.69, 9.17) is 0 Å². The normalized spacial score (nSPS) is 11.8. The molecule has 0 aliphatic rings. The third-order valence-electron chi connectivity index (χ3n) is 2.97. The standard InChI is InChI=1S/C12H7N3OS/c16-12-11-9(3-5-17-11)15-7-13-6-10(15)8-2-1-4-14(8)12/h1-7H. The molecule has 4 aromatic heterocycles. The second-order valence-electron chi connectivity index (χ2n) is 3.85. The largest absolute Gasteiger partial charge is 0.296 e. The predicted molar refractivity (Wildman–Crippen MR) is 67.8 cm³/mol. The van der Waals surface area contributed by atoms with Gasteiger partial charge in [0.2, 0.25) is 0 Å². The summed E-state index contributed by atoms with van der Waals surface area (Å²) in [4.78, 5) is 16.5. The first kappa shape index (κ1) is 8.95. The van der Waals surface area contributed by atoms with Gasteiger partial charge in [0.25, 0.3) is 5.56 Å². The molecule has 0 bridgehead atoms. The molecule has 4 nitrogen and oxygen atoms in total. The van der Waals surface area contributed by atoms with Crippen LogP contribution in [-0.2, 0) is 0 Å². The van der Waals surface area contributed by atoms with Crippen molar-refractivity contribution in [2.24, 2.45) is 0 Å². The van der Waals surface area contributed by atoms with E-state index in [2.05, 4.69) is 4.98 Å². The molecule has 17 heavy (non-hydrogen) atoms. The van der Waals surface area contributed by atoms with Gasteiger partial charge in [-0.1, -0.05) is 0 Å². The molecule has 0 radical (unpaired) electrons. The van der Waals surface area contributed by atoms with E-state index in [0.717, 1.165) is 21.3 Å². The molecule has 5 heteroatoms.